The summed E-state index contributed by atoms with van der Waals surface area (Å²) in [7, 11) is 0. The molecule has 0 saturated heterocycles. The van der Waals surface area contributed by atoms with Gasteiger partial charge in [0.2, 0.25) is 0 Å². The molecular formula is C19H35FO4. The average molecular weight is 346 g/mol. The number of hydrogen-bond donors (Lipinski definition) is 0. The van der Waals surface area contributed by atoms with E-state index in [1.54, 1.807) is 0 Å². The largest absolute Gasteiger partial charge is 0.378 e. The van der Waals surface area contributed by atoms with Gasteiger partial charge in [0.25, 0.3) is 0 Å². The molecule has 5 heteroatoms. The second-order valence-corrected chi connectivity index (χ2v) is 6.89. The second kappa shape index (κ2) is 14.5. The summed E-state index contributed by atoms with van der Waals surface area (Å²) in [6.45, 7) is 8.29. The van der Waals surface area contributed by atoms with Gasteiger partial charge >= 0.3 is 0 Å². The van der Waals surface area contributed by atoms with E-state index in [1.807, 2.05) is 27.7 Å². The Bertz CT molecular complexity index is 342. The molecular weight excluding hydrogens is 311 g/mol. The normalized spacial score (nSPS) is 12.8. The fourth-order valence-electron chi connectivity index (χ4n) is 2.09. The van der Waals surface area contributed by atoms with E-state index in [0.29, 0.717) is 13.0 Å². The molecule has 0 rings (SSSR count). The molecule has 0 spiro atoms. The third kappa shape index (κ3) is 14.8. The van der Waals surface area contributed by atoms with Gasteiger partial charge in [-0.3, -0.25) is 9.59 Å². The van der Waals surface area contributed by atoms with Crippen LogP contribution in [0.3, 0.4) is 0 Å². The number of alkyl halides is 1. The highest BCUT2D eigenvalue weighted by Crippen LogP contribution is 2.09. The highest BCUT2D eigenvalue weighted by atomic mass is 19.1. The molecule has 1 atom stereocenters. The molecule has 0 bridgehead atoms. The van der Waals surface area contributed by atoms with E-state index in [0.717, 1.165) is 25.7 Å². The van der Waals surface area contributed by atoms with E-state index in [-0.39, 0.29) is 49.6 Å². The predicted octanol–water partition coefficient (Wildman–Crippen LogP) is 4.29. The minimum absolute atomic E-state index is 0.0260. The van der Waals surface area contributed by atoms with Crippen LogP contribution in [0.15, 0.2) is 0 Å². The van der Waals surface area contributed by atoms with Gasteiger partial charge in [-0.05, 0) is 33.1 Å². The summed E-state index contributed by atoms with van der Waals surface area (Å²) in [6, 6.07) is 0. The van der Waals surface area contributed by atoms with Gasteiger partial charge in [-0.25, -0.2) is 4.39 Å². The minimum Gasteiger partial charge on any atom is -0.378 e. The third-order valence-corrected chi connectivity index (χ3v) is 3.72. The summed E-state index contributed by atoms with van der Waals surface area (Å²) >= 11 is 0. The van der Waals surface area contributed by atoms with E-state index in [9.17, 15) is 14.0 Å². The van der Waals surface area contributed by atoms with E-state index < -0.39 is 6.17 Å². The highest BCUT2D eigenvalue weighted by Gasteiger charge is 2.12. The number of unbranched alkanes of at least 4 members (excludes halogenated alkanes) is 3. The number of ketones is 2. The van der Waals surface area contributed by atoms with Crippen LogP contribution in [0.4, 0.5) is 4.39 Å². The molecule has 0 aliphatic heterocycles. The number of ether oxygens (including phenoxy) is 2. The maximum atomic E-state index is 13.5. The number of Topliss-reactive ketones (excluding diaryl/α,β-unsaturated/α-hetero) is 2. The lowest BCUT2D eigenvalue weighted by Crippen LogP contribution is -2.15. The van der Waals surface area contributed by atoms with Crippen molar-refractivity contribution >= 4 is 11.6 Å². The molecule has 0 aromatic rings. The number of hydrogen-bond acceptors (Lipinski definition) is 4. The van der Waals surface area contributed by atoms with Crippen molar-refractivity contribution in [3.63, 3.8) is 0 Å². The van der Waals surface area contributed by atoms with Gasteiger partial charge < -0.3 is 9.47 Å². The van der Waals surface area contributed by atoms with Gasteiger partial charge in [0.1, 0.15) is 18.6 Å². The van der Waals surface area contributed by atoms with Crippen LogP contribution < -0.4 is 0 Å². The lowest BCUT2D eigenvalue weighted by atomic mass is 10.0. The van der Waals surface area contributed by atoms with Crippen molar-refractivity contribution < 1.29 is 23.5 Å². The molecule has 0 aliphatic rings. The molecule has 0 saturated carbocycles. The maximum Gasteiger partial charge on any atom is 0.158 e. The maximum absolute atomic E-state index is 13.5. The van der Waals surface area contributed by atoms with Crippen molar-refractivity contribution in [2.45, 2.75) is 84.9 Å². The Morgan fingerprint density at radius 2 is 1.62 bits per heavy atom. The fraction of sp³-hybridized carbons (Fsp3) is 0.895. The number of carbonyl (C=O) groups is 2. The second-order valence-electron chi connectivity index (χ2n) is 6.89. The van der Waals surface area contributed by atoms with Crippen LogP contribution in [0.1, 0.15) is 72.6 Å². The SMILES string of the molecule is CC(C)OCC(=O)CCCCCCOCC(F)CCC(=O)C(C)C. The summed E-state index contributed by atoms with van der Waals surface area (Å²) in [5.41, 5.74) is 0. The van der Waals surface area contributed by atoms with Crippen molar-refractivity contribution in [3.8, 4) is 0 Å². The molecule has 0 amide bonds. The van der Waals surface area contributed by atoms with E-state index in [2.05, 4.69) is 0 Å². The van der Waals surface area contributed by atoms with E-state index in [4.69, 9.17) is 9.47 Å². The van der Waals surface area contributed by atoms with Gasteiger partial charge in [-0.2, -0.15) is 0 Å². The zero-order valence-corrected chi connectivity index (χ0v) is 15.8. The number of halogens is 1. The topological polar surface area (TPSA) is 52.6 Å². The Morgan fingerprint density at radius 1 is 0.958 bits per heavy atom. The molecule has 0 radical (unpaired) electrons. The predicted molar refractivity (Wildman–Crippen MR) is 94.0 cm³/mol. The van der Waals surface area contributed by atoms with Crippen LogP contribution in [0.25, 0.3) is 0 Å². The first-order valence-corrected chi connectivity index (χ1v) is 9.20. The van der Waals surface area contributed by atoms with Crippen LogP contribution in [-0.4, -0.2) is 43.7 Å². The van der Waals surface area contributed by atoms with Gasteiger partial charge in [-0.15, -0.1) is 0 Å². The van der Waals surface area contributed by atoms with Crippen molar-refractivity contribution in [1.82, 2.24) is 0 Å². The van der Waals surface area contributed by atoms with Gasteiger partial charge in [0, 0.05) is 25.4 Å². The van der Waals surface area contributed by atoms with Crippen molar-refractivity contribution in [2.75, 3.05) is 19.8 Å². The molecule has 0 fully saturated rings. The first-order chi connectivity index (χ1) is 11.3. The average Bonchev–Trinajstić information content (AvgIpc) is 2.52. The zero-order valence-electron chi connectivity index (χ0n) is 15.8. The Kier molecular flexibility index (Phi) is 14.0. The lowest BCUT2D eigenvalue weighted by molar-refractivity contribution is -0.125. The molecule has 4 nitrogen and oxygen atoms in total. The molecule has 142 valence electrons. The van der Waals surface area contributed by atoms with E-state index in [1.165, 1.54) is 0 Å². The van der Waals surface area contributed by atoms with E-state index >= 15 is 0 Å². The quantitative estimate of drug-likeness (QED) is 0.391. The molecule has 24 heavy (non-hydrogen) atoms. The fourth-order valence-corrected chi connectivity index (χ4v) is 2.09. The summed E-state index contributed by atoms with van der Waals surface area (Å²) < 4.78 is 24.1. The zero-order chi connectivity index (χ0) is 18.4. The molecule has 0 heterocycles. The first-order valence-electron chi connectivity index (χ1n) is 9.20. The van der Waals surface area contributed by atoms with Crippen LogP contribution in [0.2, 0.25) is 0 Å². The molecule has 0 aliphatic carbocycles. The highest BCUT2D eigenvalue weighted by molar-refractivity contribution is 5.80. The van der Waals surface area contributed by atoms with Crippen molar-refractivity contribution in [3.05, 3.63) is 0 Å². The molecule has 0 aromatic heterocycles. The monoisotopic (exact) mass is 346 g/mol. The summed E-state index contributed by atoms with van der Waals surface area (Å²) in [6.07, 6.45) is 3.80. The first kappa shape index (κ1) is 23.2. The summed E-state index contributed by atoms with van der Waals surface area (Å²) in [5.74, 6) is 0.226. The lowest BCUT2D eigenvalue weighted by Gasteiger charge is -2.10. The Morgan fingerprint density at radius 3 is 2.25 bits per heavy atom. The smallest absolute Gasteiger partial charge is 0.158 e. The standard InChI is InChI=1S/C19H35FO4/c1-15(2)19(22)11-10-17(20)13-23-12-8-6-5-7-9-18(21)14-24-16(3)4/h15-17H,5-14H2,1-4H3. The Balaban J connectivity index is 3.38. The van der Waals surface area contributed by atoms with Crippen LogP contribution in [-0.2, 0) is 19.1 Å². The van der Waals surface area contributed by atoms with Crippen LogP contribution in [0.5, 0.6) is 0 Å². The number of carbonyl (C=O) groups excluding carboxylic acids is 2. The Hall–Kier alpha value is -0.810. The molecule has 0 N–H and O–H groups in total. The minimum atomic E-state index is -1.06. The van der Waals surface area contributed by atoms with Crippen molar-refractivity contribution in [2.24, 2.45) is 5.92 Å². The van der Waals surface area contributed by atoms with Gasteiger partial charge in [0.15, 0.2) is 5.78 Å². The summed E-state index contributed by atoms with van der Waals surface area (Å²) in [4.78, 5) is 22.9. The van der Waals surface area contributed by atoms with Crippen molar-refractivity contribution in [1.29, 1.82) is 0 Å². The van der Waals surface area contributed by atoms with Crippen LogP contribution in [0, 0.1) is 5.92 Å². The molecule has 0 aromatic carbocycles. The number of rotatable bonds is 16. The van der Waals surface area contributed by atoms with Crippen LogP contribution >= 0.6 is 0 Å². The van der Waals surface area contributed by atoms with Gasteiger partial charge in [-0.1, -0.05) is 26.7 Å². The molecule has 1 unspecified atom stereocenters. The Labute approximate surface area is 146 Å². The van der Waals surface area contributed by atoms with Gasteiger partial charge in [0.05, 0.1) is 12.7 Å². The summed E-state index contributed by atoms with van der Waals surface area (Å²) in [5, 5.41) is 0. The third-order valence-electron chi connectivity index (χ3n) is 3.72.